The molecule has 0 atom stereocenters. The van der Waals surface area contributed by atoms with Gasteiger partial charge in [0.1, 0.15) is 5.75 Å². The second kappa shape index (κ2) is 5.13. The van der Waals surface area contributed by atoms with Gasteiger partial charge in [0.15, 0.2) is 5.82 Å². The first kappa shape index (κ1) is 11.8. The SMILES string of the molecule is COc1ccc(NCc2nnn(C)n2)cc1Br. The number of nitrogens with one attached hydrogen (secondary N) is 1. The number of tetrazole rings is 1. The van der Waals surface area contributed by atoms with E-state index < -0.39 is 0 Å². The van der Waals surface area contributed by atoms with Crippen LogP contribution in [0.5, 0.6) is 5.75 Å². The maximum atomic E-state index is 5.15. The molecule has 90 valence electrons. The molecular weight excluding hydrogens is 286 g/mol. The molecule has 1 aromatic carbocycles. The maximum Gasteiger partial charge on any atom is 0.193 e. The average molecular weight is 298 g/mol. The zero-order chi connectivity index (χ0) is 12.3. The normalized spacial score (nSPS) is 10.3. The Kier molecular flexibility index (Phi) is 3.58. The van der Waals surface area contributed by atoms with Gasteiger partial charge in [0.05, 0.1) is 25.2 Å². The third-order valence-electron chi connectivity index (χ3n) is 2.15. The van der Waals surface area contributed by atoms with E-state index in [1.807, 2.05) is 18.2 Å². The molecule has 2 aromatic rings. The standard InChI is InChI=1S/C10H12BrN5O/c1-16-14-10(13-15-16)6-12-7-3-4-9(17-2)8(11)5-7/h3-5,12H,6H2,1-2H3. The van der Waals surface area contributed by atoms with E-state index in [1.165, 1.54) is 4.80 Å². The number of hydrogen-bond donors (Lipinski definition) is 1. The highest BCUT2D eigenvalue weighted by Gasteiger charge is 2.03. The monoisotopic (exact) mass is 297 g/mol. The number of benzene rings is 1. The summed E-state index contributed by atoms with van der Waals surface area (Å²) in [5.74, 6) is 1.45. The molecule has 1 heterocycles. The molecule has 1 aromatic heterocycles. The van der Waals surface area contributed by atoms with E-state index in [-0.39, 0.29) is 0 Å². The largest absolute Gasteiger partial charge is 0.496 e. The molecule has 0 fully saturated rings. The molecule has 0 aliphatic heterocycles. The molecule has 0 aliphatic carbocycles. The van der Waals surface area contributed by atoms with Crippen molar-refractivity contribution in [1.29, 1.82) is 0 Å². The second-order valence-corrected chi connectivity index (χ2v) is 4.25. The lowest BCUT2D eigenvalue weighted by atomic mass is 10.3. The molecule has 0 bridgehead atoms. The van der Waals surface area contributed by atoms with E-state index in [4.69, 9.17) is 4.74 Å². The molecule has 0 aliphatic rings. The van der Waals surface area contributed by atoms with Crippen molar-refractivity contribution in [1.82, 2.24) is 20.2 Å². The van der Waals surface area contributed by atoms with Crippen molar-refractivity contribution in [3.05, 3.63) is 28.5 Å². The minimum atomic E-state index is 0.534. The predicted molar refractivity (Wildman–Crippen MR) is 66.8 cm³/mol. The summed E-state index contributed by atoms with van der Waals surface area (Å²) in [5, 5.41) is 14.9. The highest BCUT2D eigenvalue weighted by atomic mass is 79.9. The van der Waals surface area contributed by atoms with Gasteiger partial charge in [0, 0.05) is 5.69 Å². The quantitative estimate of drug-likeness (QED) is 0.928. The number of rotatable bonds is 4. The van der Waals surface area contributed by atoms with Crippen LogP contribution in [-0.2, 0) is 13.6 Å². The lowest BCUT2D eigenvalue weighted by Gasteiger charge is -2.07. The molecule has 2 rings (SSSR count). The van der Waals surface area contributed by atoms with Crippen molar-refractivity contribution in [2.45, 2.75) is 6.54 Å². The van der Waals surface area contributed by atoms with Crippen molar-refractivity contribution < 1.29 is 4.74 Å². The molecule has 0 unspecified atom stereocenters. The van der Waals surface area contributed by atoms with Gasteiger partial charge in [-0.05, 0) is 39.3 Å². The lowest BCUT2D eigenvalue weighted by molar-refractivity contribution is 0.412. The maximum absolute atomic E-state index is 5.15. The molecule has 1 N–H and O–H groups in total. The van der Waals surface area contributed by atoms with Gasteiger partial charge in [-0.25, -0.2) is 0 Å². The Morgan fingerprint density at radius 3 is 2.88 bits per heavy atom. The summed E-state index contributed by atoms with van der Waals surface area (Å²) in [6, 6.07) is 5.76. The molecule has 0 saturated carbocycles. The van der Waals surface area contributed by atoms with E-state index in [9.17, 15) is 0 Å². The smallest absolute Gasteiger partial charge is 0.193 e. The fourth-order valence-corrected chi connectivity index (χ4v) is 1.89. The van der Waals surface area contributed by atoms with Gasteiger partial charge < -0.3 is 10.1 Å². The highest BCUT2D eigenvalue weighted by molar-refractivity contribution is 9.10. The van der Waals surface area contributed by atoms with E-state index in [0.29, 0.717) is 12.4 Å². The number of ether oxygens (including phenoxy) is 1. The number of aryl methyl sites for hydroxylation is 1. The minimum Gasteiger partial charge on any atom is -0.496 e. The third-order valence-corrected chi connectivity index (χ3v) is 2.77. The molecule has 0 saturated heterocycles. The summed E-state index contributed by atoms with van der Waals surface area (Å²) < 4.78 is 6.05. The highest BCUT2D eigenvalue weighted by Crippen LogP contribution is 2.27. The van der Waals surface area contributed by atoms with Crippen LogP contribution in [0, 0.1) is 0 Å². The Balaban J connectivity index is 2.02. The van der Waals surface area contributed by atoms with Crippen LogP contribution in [0.2, 0.25) is 0 Å². The van der Waals surface area contributed by atoms with Crippen molar-refractivity contribution in [2.75, 3.05) is 12.4 Å². The zero-order valence-corrected chi connectivity index (χ0v) is 11.1. The molecule has 0 spiro atoms. The molecule has 0 amide bonds. The van der Waals surface area contributed by atoms with Crippen LogP contribution >= 0.6 is 15.9 Å². The minimum absolute atomic E-state index is 0.534. The molecule has 7 heteroatoms. The molecule has 17 heavy (non-hydrogen) atoms. The summed E-state index contributed by atoms with van der Waals surface area (Å²) in [6.07, 6.45) is 0. The fraction of sp³-hybridized carbons (Fsp3) is 0.300. The Bertz CT molecular complexity index is 513. The van der Waals surface area contributed by atoms with Crippen molar-refractivity contribution >= 4 is 21.6 Å². The van der Waals surface area contributed by atoms with Crippen LogP contribution in [0.25, 0.3) is 0 Å². The Morgan fingerprint density at radius 1 is 1.47 bits per heavy atom. The predicted octanol–water partition coefficient (Wildman–Crippen LogP) is 1.59. The van der Waals surface area contributed by atoms with Gasteiger partial charge in [-0.3, -0.25) is 0 Å². The van der Waals surface area contributed by atoms with Gasteiger partial charge >= 0.3 is 0 Å². The number of nitrogens with zero attached hydrogens (tertiary/aromatic N) is 4. The van der Waals surface area contributed by atoms with Gasteiger partial charge in [0.25, 0.3) is 0 Å². The number of halogens is 1. The number of anilines is 1. The van der Waals surface area contributed by atoms with Crippen molar-refractivity contribution in [2.24, 2.45) is 7.05 Å². The number of hydrogen-bond acceptors (Lipinski definition) is 5. The van der Waals surface area contributed by atoms with E-state index in [0.717, 1.165) is 15.9 Å². The Hall–Kier alpha value is -1.63. The van der Waals surface area contributed by atoms with Gasteiger partial charge in [-0.2, -0.15) is 4.80 Å². The van der Waals surface area contributed by atoms with Crippen LogP contribution in [0.1, 0.15) is 5.82 Å². The summed E-state index contributed by atoms with van der Waals surface area (Å²) >= 11 is 3.42. The van der Waals surface area contributed by atoms with Gasteiger partial charge in [-0.15, -0.1) is 10.2 Å². The summed E-state index contributed by atoms with van der Waals surface area (Å²) in [6.45, 7) is 0.534. The van der Waals surface area contributed by atoms with E-state index in [1.54, 1.807) is 14.2 Å². The summed E-state index contributed by atoms with van der Waals surface area (Å²) in [4.78, 5) is 1.43. The fourth-order valence-electron chi connectivity index (χ4n) is 1.35. The van der Waals surface area contributed by atoms with E-state index >= 15 is 0 Å². The molecule has 0 radical (unpaired) electrons. The van der Waals surface area contributed by atoms with Crippen LogP contribution < -0.4 is 10.1 Å². The topological polar surface area (TPSA) is 64.9 Å². The number of aromatic nitrogens is 4. The van der Waals surface area contributed by atoms with Crippen LogP contribution in [-0.4, -0.2) is 27.3 Å². The second-order valence-electron chi connectivity index (χ2n) is 3.40. The van der Waals surface area contributed by atoms with Gasteiger partial charge in [-0.1, -0.05) is 0 Å². The molecular formula is C10H12BrN5O. The summed E-state index contributed by atoms with van der Waals surface area (Å²) in [7, 11) is 3.37. The first-order valence-corrected chi connectivity index (χ1v) is 5.78. The molecule has 6 nitrogen and oxygen atoms in total. The Morgan fingerprint density at radius 2 is 2.29 bits per heavy atom. The zero-order valence-electron chi connectivity index (χ0n) is 9.51. The number of methoxy groups -OCH3 is 1. The third kappa shape index (κ3) is 2.94. The first-order valence-electron chi connectivity index (χ1n) is 4.99. The van der Waals surface area contributed by atoms with Crippen molar-refractivity contribution in [3.63, 3.8) is 0 Å². The van der Waals surface area contributed by atoms with E-state index in [2.05, 4.69) is 36.7 Å². The van der Waals surface area contributed by atoms with Crippen LogP contribution in [0.3, 0.4) is 0 Å². The summed E-state index contributed by atoms with van der Waals surface area (Å²) in [5.41, 5.74) is 0.963. The Labute approximate surface area is 107 Å². The first-order chi connectivity index (χ1) is 8.19. The van der Waals surface area contributed by atoms with Crippen LogP contribution in [0.15, 0.2) is 22.7 Å². The average Bonchev–Trinajstić information content (AvgIpc) is 2.73. The van der Waals surface area contributed by atoms with Gasteiger partial charge in [0.2, 0.25) is 0 Å². The van der Waals surface area contributed by atoms with Crippen molar-refractivity contribution in [3.8, 4) is 5.75 Å². The van der Waals surface area contributed by atoms with Crippen LogP contribution in [0.4, 0.5) is 5.69 Å². The lowest BCUT2D eigenvalue weighted by Crippen LogP contribution is -2.02.